The summed E-state index contributed by atoms with van der Waals surface area (Å²) in [6.07, 6.45) is 4.36. The van der Waals surface area contributed by atoms with Crippen LogP contribution in [0, 0.1) is 15.5 Å². The summed E-state index contributed by atoms with van der Waals surface area (Å²) in [7, 11) is -4.86. The smallest absolute Gasteiger partial charge is 0.297 e. The van der Waals surface area contributed by atoms with Gasteiger partial charge in [0, 0.05) is 94.0 Å². The summed E-state index contributed by atoms with van der Waals surface area (Å²) >= 11 is 0. The molecule has 1 saturated carbocycles. The van der Waals surface area contributed by atoms with E-state index in [0.29, 0.717) is 67.8 Å². The van der Waals surface area contributed by atoms with Crippen LogP contribution in [0.3, 0.4) is 0 Å². The zero-order chi connectivity index (χ0) is 52.7. The van der Waals surface area contributed by atoms with Crippen LogP contribution in [0.5, 0.6) is 17.4 Å². The highest BCUT2D eigenvalue weighted by Gasteiger charge is 2.51. The number of carbonyl (C=O) groups is 1. The Morgan fingerprint density at radius 3 is 2.50 bits per heavy atom. The molecule has 404 valence electrons. The number of nitro benzene ring substituents is 1. The molecule has 2 aromatic heterocycles. The highest BCUT2D eigenvalue weighted by Crippen LogP contribution is 2.56. The zero-order valence-corrected chi connectivity index (χ0v) is 43.4. The number of nitro groups is 1. The van der Waals surface area contributed by atoms with Gasteiger partial charge in [-0.15, -0.1) is 0 Å². The first-order valence-electron chi connectivity index (χ1n) is 26.4. The van der Waals surface area contributed by atoms with Crippen molar-refractivity contribution in [1.82, 2.24) is 19.8 Å². The fraction of sp³-hybridized carbons (Fsp3) is 0.519. The van der Waals surface area contributed by atoms with Crippen LogP contribution in [0.25, 0.3) is 11.0 Å². The number of nitrogens with zero attached hydrogens (tertiary/aromatic N) is 6. The Balaban J connectivity index is 0.921. The Bertz CT molecular complexity index is 3170. The van der Waals surface area contributed by atoms with E-state index in [0.717, 1.165) is 49.6 Å². The first-order valence-corrected chi connectivity index (χ1v) is 27.9. The van der Waals surface area contributed by atoms with Crippen molar-refractivity contribution in [2.45, 2.75) is 111 Å². The quantitative estimate of drug-likeness (QED) is 0.0809. The van der Waals surface area contributed by atoms with Crippen LogP contribution in [0.15, 0.2) is 76.7 Å². The van der Waals surface area contributed by atoms with Crippen molar-refractivity contribution in [3.63, 3.8) is 0 Å². The number of nitrogens with one attached hydrogen (secondary N) is 2. The molecule has 12 rings (SSSR count). The number of ether oxygens (including phenoxy) is 5. The zero-order valence-electron chi connectivity index (χ0n) is 42.6. The summed E-state index contributed by atoms with van der Waals surface area (Å²) in [6, 6.07) is 16.7. The van der Waals surface area contributed by atoms with Crippen LogP contribution in [-0.4, -0.2) is 148 Å². The lowest BCUT2D eigenvalue weighted by molar-refractivity contribution is -0.384. The van der Waals surface area contributed by atoms with E-state index in [1.807, 2.05) is 54.0 Å². The van der Waals surface area contributed by atoms with Gasteiger partial charge in [-0.3, -0.25) is 19.8 Å². The second kappa shape index (κ2) is 19.6. The molecular formula is C54H63F2N9O10S. The molecule has 6 aliphatic heterocycles. The number of nitrogens with two attached hydrogens (primary N) is 1. The molecule has 4 atom stereocenters. The molecule has 5 fully saturated rings. The molecule has 5 aromatic rings. The second-order valence-electron chi connectivity index (χ2n) is 21.8. The summed E-state index contributed by atoms with van der Waals surface area (Å²) in [5.74, 6) is -2.63. The molecule has 3 aromatic carbocycles. The Labute approximate surface area is 439 Å². The van der Waals surface area contributed by atoms with Crippen molar-refractivity contribution in [3.8, 4) is 17.4 Å². The number of H-pyrrole nitrogens is 1. The fourth-order valence-electron chi connectivity index (χ4n) is 12.8. The number of benzene rings is 3. The third-order valence-corrected chi connectivity index (χ3v) is 18.5. The van der Waals surface area contributed by atoms with Gasteiger partial charge in [-0.25, -0.2) is 17.2 Å². The Hall–Kier alpha value is -6.33. The number of rotatable bonds is 12. The molecule has 0 radical (unpaired) electrons. The number of carbonyl (C=O) groups excluding carboxylic acids is 1. The first-order chi connectivity index (χ1) is 36.5. The van der Waals surface area contributed by atoms with Gasteiger partial charge in [0.25, 0.3) is 17.5 Å². The molecule has 8 heterocycles. The van der Waals surface area contributed by atoms with Crippen molar-refractivity contribution in [3.05, 3.63) is 88.1 Å². The van der Waals surface area contributed by atoms with E-state index in [1.54, 1.807) is 18.3 Å². The summed E-state index contributed by atoms with van der Waals surface area (Å²) in [5.41, 5.74) is 8.06. The van der Waals surface area contributed by atoms with Gasteiger partial charge in [-0.2, -0.15) is 4.98 Å². The molecule has 4 N–H and O–H groups in total. The topological polar surface area (TPSA) is 220 Å². The number of alkyl halides is 2. The number of morpholine rings is 1. The molecule has 22 heteroatoms. The van der Waals surface area contributed by atoms with E-state index in [4.69, 9.17) is 34.4 Å². The highest BCUT2D eigenvalue weighted by atomic mass is 32.2. The van der Waals surface area contributed by atoms with Crippen molar-refractivity contribution < 1.29 is 50.6 Å². The molecule has 4 saturated heterocycles. The van der Waals surface area contributed by atoms with Gasteiger partial charge in [0.2, 0.25) is 15.7 Å². The summed E-state index contributed by atoms with van der Waals surface area (Å²) in [4.78, 5) is 41.9. The van der Waals surface area contributed by atoms with E-state index in [9.17, 15) is 23.7 Å². The van der Waals surface area contributed by atoms with Crippen LogP contribution in [-0.2, 0) is 19.3 Å². The number of amides is 1. The highest BCUT2D eigenvalue weighted by molar-refractivity contribution is 7.91. The number of fused-ring (bicyclic) bond motifs is 4. The molecule has 0 bridgehead atoms. The van der Waals surface area contributed by atoms with Crippen molar-refractivity contribution in [1.29, 1.82) is 0 Å². The van der Waals surface area contributed by atoms with Crippen LogP contribution < -0.4 is 35.1 Å². The lowest BCUT2D eigenvalue weighted by atomic mass is 9.59. The maximum atomic E-state index is 16.2. The van der Waals surface area contributed by atoms with E-state index in [2.05, 4.69) is 26.2 Å². The van der Waals surface area contributed by atoms with Gasteiger partial charge >= 0.3 is 0 Å². The van der Waals surface area contributed by atoms with Crippen LogP contribution in [0.4, 0.5) is 37.2 Å². The monoisotopic (exact) mass is 1070 g/mol. The number of halogens is 2. The number of hydrogen-bond donors (Lipinski definition) is 3. The number of aromatic nitrogens is 2. The molecule has 76 heavy (non-hydrogen) atoms. The van der Waals surface area contributed by atoms with Crippen LogP contribution >= 0.6 is 0 Å². The Morgan fingerprint density at radius 1 is 0.961 bits per heavy atom. The van der Waals surface area contributed by atoms with E-state index in [-0.39, 0.29) is 96.7 Å². The number of hydrogen-bond acceptors (Lipinski definition) is 16. The fourth-order valence-corrected chi connectivity index (χ4v) is 14.5. The summed E-state index contributed by atoms with van der Waals surface area (Å²) in [5, 5.41) is 17.0. The summed E-state index contributed by atoms with van der Waals surface area (Å²) < 4.78 is 91.4. The van der Waals surface area contributed by atoms with E-state index in [1.165, 1.54) is 6.07 Å². The summed E-state index contributed by atoms with van der Waals surface area (Å²) in [6.45, 7) is 8.06. The van der Waals surface area contributed by atoms with Crippen LogP contribution in [0.2, 0.25) is 0 Å². The molecular weight excluding hydrogens is 1000 g/mol. The molecule has 0 unspecified atom stereocenters. The second-order valence-corrected chi connectivity index (χ2v) is 23.7. The molecule has 1 amide bonds. The normalized spacial score (nSPS) is 24.6. The van der Waals surface area contributed by atoms with Gasteiger partial charge in [0.05, 0.1) is 70.8 Å². The maximum Gasteiger partial charge on any atom is 0.297 e. The Kier molecular flexibility index (Phi) is 13.0. The average molecular weight is 1070 g/mol. The number of anilines is 4. The van der Waals surface area contributed by atoms with Crippen molar-refractivity contribution in [2.24, 2.45) is 11.1 Å². The lowest BCUT2D eigenvalue weighted by Gasteiger charge is -2.57. The van der Waals surface area contributed by atoms with E-state index < -0.39 is 55.4 Å². The van der Waals surface area contributed by atoms with Gasteiger partial charge in [-0.05, 0) is 81.7 Å². The third-order valence-electron chi connectivity index (χ3n) is 16.7. The number of aromatic amines is 1. The maximum absolute atomic E-state index is 16.2. The molecule has 7 aliphatic rings. The number of likely N-dealkylation sites (tertiary alicyclic amines) is 1. The minimum absolute atomic E-state index is 0.000538. The molecule has 19 nitrogen and oxygen atoms in total. The lowest BCUT2D eigenvalue weighted by Crippen LogP contribution is -2.58. The van der Waals surface area contributed by atoms with E-state index >= 15 is 8.42 Å². The predicted octanol–water partition coefficient (Wildman–Crippen LogP) is 7.60. The Morgan fingerprint density at radius 2 is 1.74 bits per heavy atom. The SMILES string of the molecule is CC(C)Oc1ccccc1[C@@H]1COCCN1C1CC2(CCN(c3ccc(C(N)=O)c(N4c5cc6cc[nH]c6nc5O[C@H]5COCC[C@@H]54)c3S(=O)(=O)c3cc4c(c([N+](=O)[O-])c3)N[C@@H](CN3CCC(F)(F)CC3)CO4)CC2)C1. The van der Waals surface area contributed by atoms with Crippen molar-refractivity contribution >= 4 is 55.2 Å². The minimum atomic E-state index is -4.86. The average Bonchev–Trinajstić information content (AvgIpc) is 3.99. The van der Waals surface area contributed by atoms with Gasteiger partial charge in [0.15, 0.2) is 11.4 Å². The third kappa shape index (κ3) is 9.21. The van der Waals surface area contributed by atoms with Crippen LogP contribution in [0.1, 0.15) is 80.8 Å². The minimum Gasteiger partial charge on any atom is -0.491 e. The largest absolute Gasteiger partial charge is 0.491 e. The molecule has 1 aliphatic carbocycles. The van der Waals surface area contributed by atoms with Crippen molar-refractivity contribution in [2.75, 3.05) is 87.4 Å². The first kappa shape index (κ1) is 50.5. The number of para-hydroxylation sites is 1. The number of primary amides is 1. The standard InChI is InChI=1S/C54H63F2N9O10S/c1-32(2)74-44-6-4-3-5-37(44)43-30-72-22-20-63(43)35-26-53(27-35)11-18-62(19-12-53)40-8-7-38(50(57)66)48(64-39-10-21-71-31-46(39)75-52-42(64)23-33-9-15-58-51(33)60-52)49(40)76(69,70)36-24-41(65(67)68)47-45(25-36)73-29-34(59-47)28-61-16-13-54(55,56)14-17-61/h3-9,15,23-25,32,34-35,39,43,46,59H,10-14,16-22,26-31H2,1-2H3,(H2,57,66)(H,58,60)/t34-,39-,43-,46-/m0/s1. The van der Waals surface area contributed by atoms with Gasteiger partial charge in [-0.1, -0.05) is 18.2 Å². The number of piperidine rings is 2. The number of pyridine rings is 1. The molecule has 1 spiro atoms. The predicted molar refractivity (Wildman–Crippen MR) is 278 cm³/mol. The number of sulfone groups is 1. The van der Waals surface area contributed by atoms with Gasteiger partial charge in [0.1, 0.15) is 34.7 Å². The van der Waals surface area contributed by atoms with Gasteiger partial charge < -0.3 is 54.4 Å².